The molecule has 2 heterocycles. The van der Waals surface area contributed by atoms with Gasteiger partial charge in [0.15, 0.2) is 5.96 Å². The van der Waals surface area contributed by atoms with Crippen LogP contribution in [0.15, 0.2) is 4.99 Å². The van der Waals surface area contributed by atoms with Crippen LogP contribution >= 0.6 is 11.8 Å². The van der Waals surface area contributed by atoms with Gasteiger partial charge >= 0.3 is 0 Å². The van der Waals surface area contributed by atoms with Crippen LogP contribution in [0.3, 0.4) is 0 Å². The van der Waals surface area contributed by atoms with Crippen LogP contribution in [0.1, 0.15) is 40.0 Å². The number of hydrogen-bond donors (Lipinski definition) is 1. The Morgan fingerprint density at radius 3 is 2.86 bits per heavy atom. The Kier molecular flexibility index (Phi) is 6.41. The number of carbonyl (C=O) groups is 1. The van der Waals surface area contributed by atoms with E-state index in [4.69, 9.17) is 4.99 Å². The van der Waals surface area contributed by atoms with Crippen molar-refractivity contribution in [3.8, 4) is 0 Å². The Hall–Kier alpha value is -0.910. The van der Waals surface area contributed by atoms with E-state index in [1.54, 1.807) is 0 Å². The molecule has 0 spiro atoms. The molecule has 2 aliphatic rings. The van der Waals surface area contributed by atoms with Crippen molar-refractivity contribution in [2.75, 3.05) is 45.0 Å². The molecule has 0 radical (unpaired) electrons. The summed E-state index contributed by atoms with van der Waals surface area (Å²) in [4.78, 5) is 20.7. The molecule has 2 aliphatic heterocycles. The third-order valence-corrected chi connectivity index (χ3v) is 5.38. The zero-order valence-corrected chi connectivity index (χ0v) is 15.0. The molecule has 2 saturated heterocycles. The van der Waals surface area contributed by atoms with Crippen molar-refractivity contribution in [2.24, 2.45) is 4.99 Å². The van der Waals surface area contributed by atoms with Crippen LogP contribution < -0.4 is 5.32 Å². The van der Waals surface area contributed by atoms with E-state index in [-0.39, 0.29) is 4.75 Å². The van der Waals surface area contributed by atoms with Crippen molar-refractivity contribution in [1.29, 1.82) is 0 Å². The lowest BCUT2D eigenvalue weighted by atomic mass is 10.2. The molecule has 0 unspecified atom stereocenters. The second kappa shape index (κ2) is 8.09. The number of likely N-dealkylation sites (tertiary alicyclic amines) is 1. The van der Waals surface area contributed by atoms with Crippen molar-refractivity contribution in [1.82, 2.24) is 15.1 Å². The van der Waals surface area contributed by atoms with Gasteiger partial charge in [-0.1, -0.05) is 0 Å². The van der Waals surface area contributed by atoms with Crippen molar-refractivity contribution in [2.45, 2.75) is 44.8 Å². The second-order valence-corrected chi connectivity index (χ2v) is 8.41. The molecular formula is C16H30N4OS. The van der Waals surface area contributed by atoms with Gasteiger partial charge in [-0.25, -0.2) is 0 Å². The molecule has 0 aromatic heterocycles. The van der Waals surface area contributed by atoms with E-state index in [1.807, 2.05) is 16.7 Å². The van der Waals surface area contributed by atoms with Gasteiger partial charge < -0.3 is 15.1 Å². The van der Waals surface area contributed by atoms with E-state index in [1.165, 1.54) is 0 Å². The highest BCUT2D eigenvalue weighted by Gasteiger charge is 2.28. The highest BCUT2D eigenvalue weighted by Crippen LogP contribution is 2.29. The molecule has 126 valence electrons. The lowest BCUT2D eigenvalue weighted by Gasteiger charge is -2.39. The lowest BCUT2D eigenvalue weighted by molar-refractivity contribution is -0.127. The molecule has 2 fully saturated rings. The number of amides is 1. The Bertz CT molecular complexity index is 411. The molecule has 2 rings (SSSR count). The Morgan fingerprint density at radius 1 is 1.41 bits per heavy atom. The fourth-order valence-corrected chi connectivity index (χ4v) is 4.12. The number of hydrogen-bond acceptors (Lipinski definition) is 3. The molecule has 1 N–H and O–H groups in total. The van der Waals surface area contributed by atoms with Gasteiger partial charge in [-0.15, -0.1) is 0 Å². The summed E-state index contributed by atoms with van der Waals surface area (Å²) in [5, 5.41) is 3.41. The van der Waals surface area contributed by atoms with Crippen LogP contribution in [0, 0.1) is 0 Å². The molecule has 0 atom stereocenters. The zero-order valence-electron chi connectivity index (χ0n) is 14.2. The molecule has 5 nitrogen and oxygen atoms in total. The minimum absolute atomic E-state index is 0.288. The third-order valence-electron chi connectivity index (χ3n) is 4.08. The van der Waals surface area contributed by atoms with Crippen LogP contribution in [0.25, 0.3) is 0 Å². The predicted octanol–water partition coefficient (Wildman–Crippen LogP) is 1.79. The first-order chi connectivity index (χ1) is 10.5. The average Bonchev–Trinajstić information content (AvgIpc) is 2.86. The highest BCUT2D eigenvalue weighted by atomic mass is 32.2. The average molecular weight is 327 g/mol. The fourth-order valence-electron chi connectivity index (χ4n) is 3.01. The number of aliphatic imine (C=N–C) groups is 1. The van der Waals surface area contributed by atoms with Crippen LogP contribution in [0.4, 0.5) is 0 Å². The van der Waals surface area contributed by atoms with E-state index in [0.717, 1.165) is 70.2 Å². The topological polar surface area (TPSA) is 47.9 Å². The van der Waals surface area contributed by atoms with Gasteiger partial charge in [0.1, 0.15) is 0 Å². The molecule has 0 aliphatic carbocycles. The number of rotatable bonds is 5. The minimum atomic E-state index is 0.288. The quantitative estimate of drug-likeness (QED) is 0.475. The molecule has 0 bridgehead atoms. The lowest BCUT2D eigenvalue weighted by Crippen LogP contribution is -2.51. The number of nitrogens with zero attached hydrogens (tertiary/aromatic N) is 3. The number of nitrogens with one attached hydrogen (secondary N) is 1. The van der Waals surface area contributed by atoms with Crippen LogP contribution in [-0.2, 0) is 4.79 Å². The van der Waals surface area contributed by atoms with E-state index in [0.29, 0.717) is 5.91 Å². The summed E-state index contributed by atoms with van der Waals surface area (Å²) in [6.45, 7) is 12.3. The van der Waals surface area contributed by atoms with Gasteiger partial charge in [0, 0.05) is 56.2 Å². The third kappa shape index (κ3) is 5.07. The fraction of sp³-hybridized carbons (Fsp3) is 0.875. The van der Waals surface area contributed by atoms with Crippen molar-refractivity contribution in [3.63, 3.8) is 0 Å². The first-order valence-electron chi connectivity index (χ1n) is 8.47. The van der Waals surface area contributed by atoms with Crippen molar-refractivity contribution >= 4 is 23.6 Å². The van der Waals surface area contributed by atoms with Crippen molar-refractivity contribution < 1.29 is 4.79 Å². The summed E-state index contributed by atoms with van der Waals surface area (Å²) < 4.78 is 0.288. The first-order valence-corrected chi connectivity index (χ1v) is 9.45. The largest absolute Gasteiger partial charge is 0.357 e. The normalized spacial score (nSPS) is 22.3. The number of thioether (sulfide) groups is 1. The summed E-state index contributed by atoms with van der Waals surface area (Å²) in [7, 11) is 0. The molecule has 22 heavy (non-hydrogen) atoms. The van der Waals surface area contributed by atoms with Crippen LogP contribution in [-0.4, -0.2) is 71.4 Å². The van der Waals surface area contributed by atoms with Gasteiger partial charge in [-0.05, 0) is 33.6 Å². The van der Waals surface area contributed by atoms with E-state index >= 15 is 0 Å². The molecular weight excluding hydrogens is 296 g/mol. The maximum atomic E-state index is 11.6. The smallest absolute Gasteiger partial charge is 0.222 e. The minimum Gasteiger partial charge on any atom is -0.357 e. The maximum absolute atomic E-state index is 11.6. The Balaban J connectivity index is 1.82. The number of carbonyl (C=O) groups excluding carboxylic acids is 1. The van der Waals surface area contributed by atoms with Gasteiger partial charge in [-0.3, -0.25) is 9.79 Å². The molecule has 0 saturated carbocycles. The second-order valence-electron chi connectivity index (χ2n) is 6.60. The summed E-state index contributed by atoms with van der Waals surface area (Å²) >= 11 is 2.04. The van der Waals surface area contributed by atoms with Crippen molar-refractivity contribution in [3.05, 3.63) is 0 Å². The first kappa shape index (κ1) is 17.4. The van der Waals surface area contributed by atoms with E-state index in [9.17, 15) is 4.79 Å². The summed E-state index contributed by atoms with van der Waals surface area (Å²) in [5.74, 6) is 2.49. The van der Waals surface area contributed by atoms with Gasteiger partial charge in [0.2, 0.25) is 5.91 Å². The van der Waals surface area contributed by atoms with Gasteiger partial charge in [0.25, 0.3) is 0 Å². The zero-order chi connectivity index (χ0) is 16.0. The monoisotopic (exact) mass is 326 g/mol. The van der Waals surface area contributed by atoms with E-state index < -0.39 is 0 Å². The van der Waals surface area contributed by atoms with E-state index in [2.05, 4.69) is 31.0 Å². The summed E-state index contributed by atoms with van der Waals surface area (Å²) in [5.41, 5.74) is 0. The SMILES string of the molecule is CCNC(=NCCCN1CCCC1=O)N1CCSC(C)(C)C1. The Labute approximate surface area is 138 Å². The predicted molar refractivity (Wildman–Crippen MR) is 94.5 cm³/mol. The number of guanidine groups is 1. The highest BCUT2D eigenvalue weighted by molar-refractivity contribution is 8.00. The Morgan fingerprint density at radius 2 is 2.23 bits per heavy atom. The standard InChI is InChI=1S/C16H30N4OS/c1-4-17-15(20-11-12-22-16(2,3)13-20)18-8-6-10-19-9-5-7-14(19)21/h4-13H2,1-3H3,(H,17,18). The van der Waals surface area contributed by atoms with Gasteiger partial charge in [-0.2, -0.15) is 11.8 Å². The molecule has 6 heteroatoms. The maximum Gasteiger partial charge on any atom is 0.222 e. The summed E-state index contributed by atoms with van der Waals surface area (Å²) in [6, 6.07) is 0. The molecule has 1 amide bonds. The molecule has 0 aromatic carbocycles. The van der Waals surface area contributed by atoms with Crippen LogP contribution in [0.5, 0.6) is 0 Å². The van der Waals surface area contributed by atoms with Gasteiger partial charge in [0.05, 0.1) is 0 Å². The molecule has 0 aromatic rings. The summed E-state index contributed by atoms with van der Waals surface area (Å²) in [6.07, 6.45) is 2.70. The van der Waals surface area contributed by atoms with Crippen LogP contribution in [0.2, 0.25) is 0 Å².